The minimum atomic E-state index is 0.772. The number of halogens is 1. The minimum Gasteiger partial charge on any atom is -0.317 e. The largest absolute Gasteiger partial charge is 0.317 e. The third-order valence-electron chi connectivity index (χ3n) is 3.06. The van der Waals surface area contributed by atoms with Crippen molar-refractivity contribution in [1.82, 2.24) is 5.32 Å². The van der Waals surface area contributed by atoms with Crippen LogP contribution in [0.2, 0.25) is 5.02 Å². The predicted octanol–water partition coefficient (Wildman–Crippen LogP) is 3.44. The molecule has 1 aliphatic heterocycles. The molecule has 0 bridgehead atoms. The number of piperidine rings is 1. The van der Waals surface area contributed by atoms with Crippen LogP contribution in [-0.2, 0) is 6.42 Å². The summed E-state index contributed by atoms with van der Waals surface area (Å²) in [5, 5.41) is 4.19. The van der Waals surface area contributed by atoms with Gasteiger partial charge in [-0.25, -0.2) is 0 Å². The molecule has 0 saturated carbocycles. The lowest BCUT2D eigenvalue weighted by molar-refractivity contribution is 0.436. The lowest BCUT2D eigenvalue weighted by atomic mass is 9.97. The van der Waals surface area contributed by atoms with Crippen molar-refractivity contribution in [1.29, 1.82) is 0 Å². The molecule has 1 aliphatic rings. The Hall–Kier alpha value is -0.790. The Morgan fingerprint density at radius 1 is 1.19 bits per heavy atom. The molecule has 0 aliphatic carbocycles. The molecule has 0 atom stereocenters. The van der Waals surface area contributed by atoms with E-state index in [0.717, 1.165) is 30.5 Å². The van der Waals surface area contributed by atoms with E-state index in [1.165, 1.54) is 18.4 Å². The molecule has 2 heteroatoms. The topological polar surface area (TPSA) is 12.0 Å². The molecule has 86 valence electrons. The minimum absolute atomic E-state index is 0.772. The second kappa shape index (κ2) is 6.07. The summed E-state index contributed by atoms with van der Waals surface area (Å²) in [6.07, 6.45) is 8.23. The van der Waals surface area contributed by atoms with Crippen LogP contribution >= 0.6 is 11.6 Å². The van der Waals surface area contributed by atoms with Crippen LogP contribution in [0, 0.1) is 5.92 Å². The molecular weight excluding hydrogens is 218 g/mol. The highest BCUT2D eigenvalue weighted by Gasteiger charge is 2.08. The van der Waals surface area contributed by atoms with Crippen LogP contribution in [-0.4, -0.2) is 13.1 Å². The first-order chi connectivity index (χ1) is 7.84. The van der Waals surface area contributed by atoms with E-state index in [1.807, 2.05) is 12.1 Å². The fourth-order valence-corrected chi connectivity index (χ4v) is 2.18. The van der Waals surface area contributed by atoms with Crippen molar-refractivity contribution >= 4 is 11.6 Å². The first kappa shape index (κ1) is 11.7. The summed E-state index contributed by atoms with van der Waals surface area (Å²) in [7, 11) is 0. The second-order valence-corrected chi connectivity index (χ2v) is 4.78. The summed E-state index contributed by atoms with van der Waals surface area (Å²) in [6, 6.07) is 8.09. The van der Waals surface area contributed by atoms with E-state index in [0.29, 0.717) is 0 Å². The van der Waals surface area contributed by atoms with Gasteiger partial charge >= 0.3 is 0 Å². The molecule has 16 heavy (non-hydrogen) atoms. The fraction of sp³-hybridized carbons (Fsp3) is 0.429. The summed E-state index contributed by atoms with van der Waals surface area (Å²) in [4.78, 5) is 0. The highest BCUT2D eigenvalue weighted by atomic mass is 35.5. The Morgan fingerprint density at radius 3 is 2.56 bits per heavy atom. The number of hydrogen-bond donors (Lipinski definition) is 1. The molecule has 0 unspecified atom stereocenters. The van der Waals surface area contributed by atoms with Crippen molar-refractivity contribution in [3.8, 4) is 0 Å². The molecule has 1 nitrogen and oxygen atoms in total. The van der Waals surface area contributed by atoms with Crippen LogP contribution in [0.15, 0.2) is 36.4 Å². The van der Waals surface area contributed by atoms with Crippen molar-refractivity contribution < 1.29 is 0 Å². The average Bonchev–Trinajstić information content (AvgIpc) is 2.33. The summed E-state index contributed by atoms with van der Waals surface area (Å²) >= 11 is 5.84. The zero-order valence-corrected chi connectivity index (χ0v) is 10.2. The van der Waals surface area contributed by atoms with E-state index < -0.39 is 0 Å². The standard InChI is InChI=1S/C14H18ClN/c15-14-6-4-12(5-7-14)2-1-3-13-8-10-16-11-9-13/h1,3-7,13,16H,2,8-11H2. The van der Waals surface area contributed by atoms with Gasteiger partial charge in [-0.15, -0.1) is 0 Å². The molecule has 1 aromatic carbocycles. The smallest absolute Gasteiger partial charge is 0.0406 e. The summed E-state index contributed by atoms with van der Waals surface area (Å²) < 4.78 is 0. The summed E-state index contributed by atoms with van der Waals surface area (Å²) in [6.45, 7) is 2.33. The maximum atomic E-state index is 5.84. The van der Waals surface area contributed by atoms with Crippen LogP contribution in [0.25, 0.3) is 0 Å². The van der Waals surface area contributed by atoms with Crippen molar-refractivity contribution in [3.63, 3.8) is 0 Å². The monoisotopic (exact) mass is 235 g/mol. The molecule has 0 amide bonds. The van der Waals surface area contributed by atoms with Crippen molar-refractivity contribution in [2.75, 3.05) is 13.1 Å². The molecule has 1 fully saturated rings. The zero-order valence-electron chi connectivity index (χ0n) is 9.45. The van der Waals surface area contributed by atoms with E-state index in [4.69, 9.17) is 11.6 Å². The summed E-state index contributed by atoms with van der Waals surface area (Å²) in [5.74, 6) is 0.772. The third-order valence-corrected chi connectivity index (χ3v) is 3.31. The van der Waals surface area contributed by atoms with Crippen LogP contribution in [0.1, 0.15) is 18.4 Å². The molecule has 1 N–H and O–H groups in total. The van der Waals surface area contributed by atoms with Gasteiger partial charge in [0, 0.05) is 5.02 Å². The van der Waals surface area contributed by atoms with Gasteiger partial charge in [-0.05, 0) is 56.0 Å². The molecule has 1 heterocycles. The predicted molar refractivity (Wildman–Crippen MR) is 69.9 cm³/mol. The van der Waals surface area contributed by atoms with Gasteiger partial charge in [0.25, 0.3) is 0 Å². The molecule has 1 aromatic rings. The zero-order chi connectivity index (χ0) is 11.2. The van der Waals surface area contributed by atoms with Gasteiger partial charge in [-0.2, -0.15) is 0 Å². The first-order valence-electron chi connectivity index (χ1n) is 5.96. The lowest BCUT2D eigenvalue weighted by Gasteiger charge is -2.19. The number of hydrogen-bond acceptors (Lipinski definition) is 1. The summed E-state index contributed by atoms with van der Waals surface area (Å²) in [5.41, 5.74) is 1.33. The van der Waals surface area contributed by atoms with E-state index >= 15 is 0 Å². The van der Waals surface area contributed by atoms with Crippen molar-refractivity contribution in [3.05, 3.63) is 47.0 Å². The number of benzene rings is 1. The second-order valence-electron chi connectivity index (χ2n) is 4.35. The van der Waals surface area contributed by atoms with Gasteiger partial charge in [0.2, 0.25) is 0 Å². The van der Waals surface area contributed by atoms with Gasteiger partial charge < -0.3 is 5.32 Å². The van der Waals surface area contributed by atoms with Gasteiger partial charge in [0.05, 0.1) is 0 Å². The van der Waals surface area contributed by atoms with E-state index in [2.05, 4.69) is 29.6 Å². The van der Waals surface area contributed by atoms with Crippen LogP contribution in [0.5, 0.6) is 0 Å². The van der Waals surface area contributed by atoms with Crippen molar-refractivity contribution in [2.24, 2.45) is 5.92 Å². The lowest BCUT2D eigenvalue weighted by Crippen LogP contribution is -2.26. The maximum absolute atomic E-state index is 5.84. The quantitative estimate of drug-likeness (QED) is 0.792. The number of nitrogens with one attached hydrogen (secondary N) is 1. The van der Waals surface area contributed by atoms with Gasteiger partial charge in [-0.3, -0.25) is 0 Å². The van der Waals surface area contributed by atoms with Gasteiger partial charge in [0.1, 0.15) is 0 Å². The fourth-order valence-electron chi connectivity index (χ4n) is 2.05. The van der Waals surface area contributed by atoms with Gasteiger partial charge in [-0.1, -0.05) is 35.9 Å². The van der Waals surface area contributed by atoms with Gasteiger partial charge in [0.15, 0.2) is 0 Å². The molecule has 0 aromatic heterocycles. The molecule has 0 spiro atoms. The van der Waals surface area contributed by atoms with E-state index in [9.17, 15) is 0 Å². The third kappa shape index (κ3) is 3.66. The molecule has 1 saturated heterocycles. The maximum Gasteiger partial charge on any atom is 0.0406 e. The Balaban J connectivity index is 1.81. The number of rotatable bonds is 3. The van der Waals surface area contributed by atoms with Crippen molar-refractivity contribution in [2.45, 2.75) is 19.3 Å². The normalized spacial score (nSPS) is 18.1. The molecular formula is C14H18ClN. The van der Waals surface area contributed by atoms with E-state index in [1.54, 1.807) is 0 Å². The van der Waals surface area contributed by atoms with Crippen LogP contribution < -0.4 is 5.32 Å². The Kier molecular flexibility index (Phi) is 4.44. The SMILES string of the molecule is Clc1ccc(CC=CC2CCNCC2)cc1. The molecule has 0 radical (unpaired) electrons. The Morgan fingerprint density at radius 2 is 1.88 bits per heavy atom. The average molecular weight is 236 g/mol. The number of allylic oxidation sites excluding steroid dienone is 2. The van der Waals surface area contributed by atoms with Crippen LogP contribution in [0.3, 0.4) is 0 Å². The first-order valence-corrected chi connectivity index (χ1v) is 6.34. The Labute approximate surface area is 103 Å². The van der Waals surface area contributed by atoms with Crippen LogP contribution in [0.4, 0.5) is 0 Å². The Bertz CT molecular complexity index is 336. The molecule has 2 rings (SSSR count). The van der Waals surface area contributed by atoms with E-state index in [-0.39, 0.29) is 0 Å². The highest BCUT2D eigenvalue weighted by molar-refractivity contribution is 6.30. The highest BCUT2D eigenvalue weighted by Crippen LogP contribution is 2.14.